The van der Waals surface area contributed by atoms with E-state index >= 15 is 9.59 Å². The molecule has 2 bridgehead atoms. The van der Waals surface area contributed by atoms with Gasteiger partial charge in [-0.1, -0.05) is 78.3 Å². The summed E-state index contributed by atoms with van der Waals surface area (Å²) in [6, 6.07) is 6.68. The van der Waals surface area contributed by atoms with Crippen LogP contribution in [0.25, 0.3) is 10.9 Å². The number of anilines is 1. The number of ketones is 3. The zero-order valence-electron chi connectivity index (χ0n) is 54.3. The molecule has 1 aromatic heterocycles. The maximum absolute atomic E-state index is 15.1. The number of aromatic nitrogens is 1. The van der Waals surface area contributed by atoms with Crippen LogP contribution in [0.15, 0.2) is 53.6 Å². The van der Waals surface area contributed by atoms with E-state index in [2.05, 4.69) is 47.5 Å². The van der Waals surface area contributed by atoms with Gasteiger partial charge < -0.3 is 67.7 Å². The summed E-state index contributed by atoms with van der Waals surface area (Å²) in [6.07, 6.45) is -3.86. The molecule has 11 unspecified atom stereocenters. The summed E-state index contributed by atoms with van der Waals surface area (Å²) in [7, 11) is 0. The number of carbonyl (C=O) groups is 14. The average molecular weight is 1360 g/mol. The number of carbonyl (C=O) groups excluding carboxylic acids is 14. The fraction of sp³-hybridized carbons (Fsp3) is 0.569. The van der Waals surface area contributed by atoms with Crippen molar-refractivity contribution in [1.82, 2.24) is 52.0 Å². The number of aliphatic hydroxyl groups is 3. The standard InChI is InChI=1S/C65H87N11O17S2/c1-8-33(4)58-62(91)68-27-54(85)70-45-31-95-63-42(40-11-9-10-12-43(40)72-63)23-44(61(90)67-28-55(86)74-58)71-60(89)41(35(6)50(82)30-77)24-48(80)46-22-39(78)29-76(46)64(92)37(20-47(45)79)21-53(84)66-26-36-13-15-38(16-14-36)69-59(88)34(5)19-49(81)57(32(2)3)73-52(83)17-18-75-56(87)25-51(94-7)65(75)93/h9-16,32-35,37,39,41,44-46,50-51,57-58,72,77-78,82H,8,17-31H2,1-7H3,(H,66,84)(H,67,90)(H,68,91)(H,69,88)(H,70,85)(H,71,89)(H,73,83)(H,74,86)/t33?,34-,35?,37?,39?,41?,44?,45?,46?,50?,51?,57+,58?/m1/s1. The monoisotopic (exact) mass is 1360 g/mol. The average Bonchev–Trinajstić information content (AvgIpc) is 1.77. The van der Waals surface area contributed by atoms with Crippen molar-refractivity contribution < 1.29 is 82.4 Å². The number of nitrogens with zero attached hydrogens (tertiary/aromatic N) is 2. The number of nitrogens with one attached hydrogen (secondary N) is 9. The molecule has 30 heteroatoms. The first-order chi connectivity index (χ1) is 45.1. The molecule has 13 atom stereocenters. The van der Waals surface area contributed by atoms with Crippen molar-refractivity contribution >= 4 is 122 Å². The van der Waals surface area contributed by atoms with Gasteiger partial charge in [-0.25, -0.2) is 0 Å². The van der Waals surface area contributed by atoms with E-state index in [1.165, 1.54) is 18.7 Å². The summed E-state index contributed by atoms with van der Waals surface area (Å²) in [5.74, 6) is -15.7. The molecule has 0 spiro atoms. The molecule has 2 aromatic carbocycles. The number of thioether (sulfide) groups is 2. The SMILES string of the molecule is CCC(C)C1NC(=O)CNC(=O)C2Cc3c([nH]c4ccccc34)SCC(NC(=O)CNC1=O)C(=O)CC(CC(=O)NCc1ccc(NC(=O)[C@H](C)CC(=O)[C@@H](NC(=O)CCN3C(=O)CC(SC)C3=O)C(C)C)cc1)C(=O)N1CC(O)CC1C(=O)CC(C(C)C(O)CO)C(=O)N2. The lowest BCUT2D eigenvalue weighted by atomic mass is 9.83. The van der Waals surface area contributed by atoms with Crippen LogP contribution in [0.1, 0.15) is 104 Å². The Morgan fingerprint density at radius 2 is 1.46 bits per heavy atom. The second-order valence-corrected chi connectivity index (χ2v) is 27.4. The normalized spacial score (nSPS) is 24.7. The highest BCUT2D eigenvalue weighted by Gasteiger charge is 2.46. The molecular formula is C65H87N11O17S2. The maximum atomic E-state index is 15.1. The molecule has 2 saturated heterocycles. The van der Waals surface area contributed by atoms with Gasteiger partial charge in [0.15, 0.2) is 17.3 Å². The minimum Gasteiger partial charge on any atom is -0.394 e. The van der Waals surface area contributed by atoms with E-state index in [0.717, 1.165) is 21.6 Å². The lowest BCUT2D eigenvalue weighted by Crippen LogP contribution is -2.56. The summed E-state index contributed by atoms with van der Waals surface area (Å²) in [5.41, 5.74) is 1.87. The molecule has 0 radical (unpaired) electrons. The quantitative estimate of drug-likeness (QED) is 0.0659. The van der Waals surface area contributed by atoms with Gasteiger partial charge in [0.2, 0.25) is 65.0 Å². The van der Waals surface area contributed by atoms with E-state index in [1.54, 1.807) is 89.4 Å². The Labute approximate surface area is 558 Å². The molecular weight excluding hydrogens is 1270 g/mol. The van der Waals surface area contributed by atoms with Crippen molar-refractivity contribution in [2.75, 3.05) is 50.1 Å². The predicted octanol–water partition coefficient (Wildman–Crippen LogP) is -0.0738. The molecule has 3 aromatic rings. The van der Waals surface area contributed by atoms with E-state index in [9.17, 15) is 72.9 Å². The van der Waals surface area contributed by atoms with Gasteiger partial charge in [0, 0.05) is 105 Å². The van der Waals surface area contributed by atoms with E-state index in [-0.39, 0.29) is 68.7 Å². The van der Waals surface area contributed by atoms with Crippen molar-refractivity contribution in [2.45, 2.75) is 159 Å². The van der Waals surface area contributed by atoms with Crippen LogP contribution in [-0.4, -0.2) is 205 Å². The van der Waals surface area contributed by atoms with Crippen LogP contribution in [-0.2, 0) is 80.1 Å². The highest BCUT2D eigenvalue weighted by Crippen LogP contribution is 2.34. The largest absolute Gasteiger partial charge is 0.394 e. The summed E-state index contributed by atoms with van der Waals surface area (Å²) in [6.45, 7) is 6.99. The first-order valence-electron chi connectivity index (χ1n) is 32.0. The Morgan fingerprint density at radius 3 is 2.13 bits per heavy atom. The number of likely N-dealkylation sites (tertiary alicyclic amines) is 1. The number of Topliss-reactive ketones (excluding diaryl/α,β-unsaturated/α-hetero) is 3. The highest BCUT2D eigenvalue weighted by molar-refractivity contribution is 8.00. The Kier molecular flexibility index (Phi) is 26.6. The number of aromatic amines is 1. The molecule has 12 N–H and O–H groups in total. The number of aliphatic hydroxyl groups excluding tert-OH is 3. The van der Waals surface area contributed by atoms with Gasteiger partial charge in [0.25, 0.3) is 0 Å². The second kappa shape index (κ2) is 34.1. The molecule has 4 aliphatic rings. The van der Waals surface area contributed by atoms with Gasteiger partial charge >= 0.3 is 0 Å². The van der Waals surface area contributed by atoms with Crippen molar-refractivity contribution in [2.24, 2.45) is 35.5 Å². The van der Waals surface area contributed by atoms with Gasteiger partial charge in [-0.15, -0.1) is 11.8 Å². The number of fused-ring (bicyclic) bond motifs is 5. The molecule has 0 aliphatic carbocycles. The first-order valence-corrected chi connectivity index (χ1v) is 34.2. The molecule has 7 rings (SSSR count). The van der Waals surface area contributed by atoms with Crippen molar-refractivity contribution in [3.05, 3.63) is 59.7 Å². The van der Waals surface area contributed by atoms with Gasteiger partial charge in [-0.05, 0) is 53.3 Å². The van der Waals surface area contributed by atoms with Crippen LogP contribution in [0.2, 0.25) is 0 Å². The molecule has 11 amide bonds. The molecule has 95 heavy (non-hydrogen) atoms. The van der Waals surface area contributed by atoms with Crippen LogP contribution in [0, 0.1) is 35.5 Å². The Hall–Kier alpha value is -8.06. The van der Waals surface area contributed by atoms with E-state index in [1.807, 2.05) is 0 Å². The summed E-state index contributed by atoms with van der Waals surface area (Å²) >= 11 is 2.30. The van der Waals surface area contributed by atoms with Gasteiger partial charge in [0.1, 0.15) is 12.1 Å². The Morgan fingerprint density at radius 1 is 0.779 bits per heavy atom. The van der Waals surface area contributed by atoms with Gasteiger partial charge in [-0.2, -0.15) is 11.8 Å². The summed E-state index contributed by atoms with van der Waals surface area (Å²) < 4.78 is 0. The fourth-order valence-corrected chi connectivity index (χ4v) is 13.8. The molecule has 4 aliphatic heterocycles. The van der Waals surface area contributed by atoms with Crippen LogP contribution < -0.4 is 42.5 Å². The van der Waals surface area contributed by atoms with Crippen LogP contribution in [0.3, 0.4) is 0 Å². The number of rotatable bonds is 20. The fourth-order valence-electron chi connectivity index (χ4n) is 12.0. The lowest BCUT2D eigenvalue weighted by molar-refractivity contribution is -0.145. The number of imide groups is 1. The third kappa shape index (κ3) is 19.6. The van der Waals surface area contributed by atoms with Crippen LogP contribution in [0.5, 0.6) is 0 Å². The molecule has 2 fully saturated rings. The molecule has 516 valence electrons. The first kappa shape index (κ1) is 74.3. The van der Waals surface area contributed by atoms with Crippen molar-refractivity contribution in [1.29, 1.82) is 0 Å². The molecule has 28 nitrogen and oxygen atoms in total. The number of para-hydroxylation sites is 1. The number of benzene rings is 2. The smallest absolute Gasteiger partial charge is 0.243 e. The number of hydrogen-bond acceptors (Lipinski definition) is 19. The van der Waals surface area contributed by atoms with Crippen molar-refractivity contribution in [3.8, 4) is 0 Å². The third-order valence-corrected chi connectivity index (χ3v) is 20.1. The number of amides is 11. The van der Waals surface area contributed by atoms with Gasteiger partial charge in [-0.3, -0.25) is 72.0 Å². The molecule has 0 saturated carbocycles. The lowest BCUT2D eigenvalue weighted by Gasteiger charge is -2.31. The Bertz CT molecular complexity index is 3400. The minimum atomic E-state index is -1.58. The maximum Gasteiger partial charge on any atom is 0.243 e. The minimum absolute atomic E-state index is 0.0542. The van der Waals surface area contributed by atoms with Crippen LogP contribution in [0.4, 0.5) is 5.69 Å². The second-order valence-electron chi connectivity index (χ2n) is 25.3. The summed E-state index contributed by atoms with van der Waals surface area (Å²) in [4.78, 5) is 200. The predicted molar refractivity (Wildman–Crippen MR) is 349 cm³/mol. The van der Waals surface area contributed by atoms with Crippen LogP contribution >= 0.6 is 23.5 Å². The zero-order valence-corrected chi connectivity index (χ0v) is 55.9. The number of hydrogen-bond donors (Lipinski definition) is 12. The number of H-pyrrole nitrogens is 1. The zero-order chi connectivity index (χ0) is 69.5. The van der Waals surface area contributed by atoms with Gasteiger partial charge in [0.05, 0.1) is 66.2 Å². The summed E-state index contributed by atoms with van der Waals surface area (Å²) in [5, 5.41) is 54.1. The Balaban J connectivity index is 1.13. The third-order valence-electron chi connectivity index (χ3n) is 18.0. The topological polar surface area (TPSA) is 418 Å². The highest BCUT2D eigenvalue weighted by atomic mass is 32.2. The van der Waals surface area contributed by atoms with E-state index in [4.69, 9.17) is 0 Å². The van der Waals surface area contributed by atoms with E-state index < -0.39 is 193 Å². The molecule has 5 heterocycles. The van der Waals surface area contributed by atoms with E-state index in [0.29, 0.717) is 39.2 Å². The van der Waals surface area contributed by atoms with Crippen molar-refractivity contribution in [3.63, 3.8) is 0 Å².